The van der Waals surface area contributed by atoms with Gasteiger partial charge in [0.25, 0.3) is 0 Å². The normalized spacial score (nSPS) is 13.6. The quantitative estimate of drug-likeness (QED) is 0.0332. The molecular formula is C46H78NO12P. The lowest BCUT2D eigenvalue weighted by atomic mass is 10.0. The van der Waals surface area contributed by atoms with Crippen molar-refractivity contribution < 1.29 is 56.3 Å². The van der Waals surface area contributed by atoms with Crippen molar-refractivity contribution in [2.45, 2.75) is 208 Å². The van der Waals surface area contributed by atoms with Gasteiger partial charge in [0.1, 0.15) is 35.7 Å². The van der Waals surface area contributed by atoms with E-state index in [1.165, 1.54) is 35.1 Å². The van der Waals surface area contributed by atoms with Gasteiger partial charge in [-0.05, 0) is 88.5 Å². The fraction of sp³-hybridized carbons (Fsp3) is 0.761. The van der Waals surface area contributed by atoms with Crippen molar-refractivity contribution in [1.29, 1.82) is 0 Å². The average molecular weight is 868 g/mol. The first-order chi connectivity index (χ1) is 28.7. The topological polar surface area (TPSA) is 198 Å². The number of carbonyl (C=O) groups excluding carboxylic acids is 2. The Labute approximate surface area is 359 Å². The summed E-state index contributed by atoms with van der Waals surface area (Å²) in [7, 11) is -4.74. The molecular weight excluding hydrogens is 789 g/mol. The SMILES string of the molecule is CCCCCc1oc(CCCCCCCCC(=O)OCC(COP(=O)(O)OCC(N)C(=O)O)OC(=O)CCCCCCCCCCc2oc(CCC)c(C)c2C)c(C)c1C. The van der Waals surface area contributed by atoms with Crippen molar-refractivity contribution in [3.05, 3.63) is 45.3 Å². The lowest BCUT2D eigenvalue weighted by molar-refractivity contribution is -0.161. The van der Waals surface area contributed by atoms with Crippen LogP contribution in [0.1, 0.15) is 188 Å². The number of unbranched alkanes of at least 4 members (excludes halogenated alkanes) is 14. The van der Waals surface area contributed by atoms with Crippen LogP contribution < -0.4 is 5.73 Å². The molecule has 2 rings (SSSR count). The van der Waals surface area contributed by atoms with Crippen molar-refractivity contribution in [2.75, 3.05) is 19.8 Å². The zero-order chi connectivity index (χ0) is 44.3. The number of carboxylic acids is 1. The van der Waals surface area contributed by atoms with E-state index in [-0.39, 0.29) is 19.4 Å². The summed E-state index contributed by atoms with van der Waals surface area (Å²) in [5.74, 6) is 2.05. The molecule has 2 aromatic heterocycles. The molecule has 2 heterocycles. The number of aliphatic carboxylic acids is 1. The maximum atomic E-state index is 12.7. The molecule has 4 N–H and O–H groups in total. The molecule has 0 spiro atoms. The first-order valence-corrected chi connectivity index (χ1v) is 24.3. The highest BCUT2D eigenvalue weighted by Crippen LogP contribution is 2.43. The Hall–Kier alpha value is -2.96. The van der Waals surface area contributed by atoms with Crippen molar-refractivity contribution in [3.63, 3.8) is 0 Å². The van der Waals surface area contributed by atoms with Gasteiger partial charge in [0, 0.05) is 38.5 Å². The zero-order valence-corrected chi connectivity index (χ0v) is 38.6. The Balaban J connectivity index is 1.67. The fourth-order valence-corrected chi connectivity index (χ4v) is 7.89. The van der Waals surface area contributed by atoms with E-state index in [2.05, 4.69) is 46.1 Å². The number of furan rings is 2. The molecule has 0 radical (unpaired) electrons. The minimum Gasteiger partial charge on any atom is -0.480 e. The van der Waals surface area contributed by atoms with E-state index in [0.29, 0.717) is 12.8 Å². The molecule has 0 aliphatic heterocycles. The van der Waals surface area contributed by atoms with Crippen LogP contribution in [-0.4, -0.2) is 59.9 Å². The summed E-state index contributed by atoms with van der Waals surface area (Å²) in [6.45, 7) is 11.2. The van der Waals surface area contributed by atoms with Gasteiger partial charge < -0.3 is 34.0 Å². The molecule has 344 valence electrons. The molecule has 60 heavy (non-hydrogen) atoms. The summed E-state index contributed by atoms with van der Waals surface area (Å²) in [6.07, 6.45) is 21.4. The summed E-state index contributed by atoms with van der Waals surface area (Å²) in [6, 6.07) is -1.53. The second kappa shape index (κ2) is 30.1. The Kier molecular flexibility index (Phi) is 26.7. The molecule has 0 fully saturated rings. The van der Waals surface area contributed by atoms with Crippen molar-refractivity contribution in [1.82, 2.24) is 0 Å². The third-order valence-electron chi connectivity index (χ3n) is 11.2. The standard InChI is InChI=1S/C46H78NO12P/c1-7-9-20-26-41-36(5)37(6)43(59-41)28-22-17-14-15-18-23-29-44(48)54-31-38(32-55-60(52,53)56-33-39(47)46(50)51)57-45(49)30-24-19-13-11-10-12-16-21-27-42-35(4)34(3)40(58-42)25-8-2/h38-39H,7-33,47H2,1-6H3,(H,50,51)(H,52,53). The van der Waals surface area contributed by atoms with Crippen LogP contribution in [0.25, 0.3) is 0 Å². The van der Waals surface area contributed by atoms with Gasteiger partial charge in [-0.3, -0.25) is 23.4 Å². The van der Waals surface area contributed by atoms with Crippen molar-refractivity contribution in [3.8, 4) is 0 Å². The number of phosphoric acid groups is 1. The lowest BCUT2D eigenvalue weighted by Crippen LogP contribution is -2.34. The molecule has 14 heteroatoms. The first kappa shape index (κ1) is 53.2. The van der Waals surface area contributed by atoms with Crippen LogP contribution in [0.2, 0.25) is 0 Å². The highest BCUT2D eigenvalue weighted by molar-refractivity contribution is 7.47. The predicted molar refractivity (Wildman–Crippen MR) is 233 cm³/mol. The third-order valence-corrected chi connectivity index (χ3v) is 12.2. The molecule has 0 saturated heterocycles. The maximum Gasteiger partial charge on any atom is 0.472 e. The summed E-state index contributed by atoms with van der Waals surface area (Å²) < 4.78 is 45.2. The van der Waals surface area contributed by atoms with E-state index in [1.54, 1.807) is 0 Å². The molecule has 3 atom stereocenters. The molecule has 0 aromatic carbocycles. The largest absolute Gasteiger partial charge is 0.480 e. The average Bonchev–Trinajstić information content (AvgIpc) is 3.64. The zero-order valence-electron chi connectivity index (χ0n) is 37.7. The summed E-state index contributed by atoms with van der Waals surface area (Å²) in [4.78, 5) is 46.3. The number of hydrogen-bond acceptors (Lipinski definition) is 11. The van der Waals surface area contributed by atoms with Gasteiger partial charge in [-0.2, -0.15) is 0 Å². The summed E-state index contributed by atoms with van der Waals surface area (Å²) >= 11 is 0. The van der Waals surface area contributed by atoms with Crippen LogP contribution >= 0.6 is 7.82 Å². The van der Waals surface area contributed by atoms with Gasteiger partial charge in [-0.15, -0.1) is 0 Å². The Morgan fingerprint density at radius 3 is 1.42 bits per heavy atom. The Bertz CT molecular complexity index is 1580. The van der Waals surface area contributed by atoms with Crippen molar-refractivity contribution >= 4 is 25.7 Å². The third kappa shape index (κ3) is 21.7. The number of phosphoric ester groups is 1. The van der Waals surface area contributed by atoms with Gasteiger partial charge in [0.2, 0.25) is 0 Å². The number of nitrogens with two attached hydrogens (primary N) is 1. The second-order valence-corrected chi connectivity index (χ2v) is 17.8. The number of hydrogen-bond donors (Lipinski definition) is 3. The van der Waals surface area contributed by atoms with Crippen LogP contribution in [-0.2, 0) is 63.2 Å². The van der Waals surface area contributed by atoms with Gasteiger partial charge in [-0.1, -0.05) is 90.9 Å². The minimum atomic E-state index is -4.74. The van der Waals surface area contributed by atoms with Gasteiger partial charge in [-0.25, -0.2) is 4.57 Å². The minimum absolute atomic E-state index is 0.133. The van der Waals surface area contributed by atoms with Crippen LogP contribution in [0.5, 0.6) is 0 Å². The lowest BCUT2D eigenvalue weighted by Gasteiger charge is -2.20. The predicted octanol–water partition coefficient (Wildman–Crippen LogP) is 10.8. The molecule has 13 nitrogen and oxygen atoms in total. The van der Waals surface area contributed by atoms with Gasteiger partial charge in [0.15, 0.2) is 6.10 Å². The van der Waals surface area contributed by atoms with E-state index >= 15 is 0 Å². The molecule has 3 unspecified atom stereocenters. The number of ether oxygens (including phenoxy) is 2. The Morgan fingerprint density at radius 2 is 0.967 bits per heavy atom. The summed E-state index contributed by atoms with van der Waals surface area (Å²) in [5, 5.41) is 8.92. The van der Waals surface area contributed by atoms with E-state index < -0.39 is 51.1 Å². The van der Waals surface area contributed by atoms with Crippen LogP contribution in [0.3, 0.4) is 0 Å². The van der Waals surface area contributed by atoms with Gasteiger partial charge >= 0.3 is 25.7 Å². The fourth-order valence-electron chi connectivity index (χ4n) is 7.11. The first-order valence-electron chi connectivity index (χ1n) is 22.8. The maximum absolute atomic E-state index is 12.7. The number of esters is 2. The molecule has 0 saturated carbocycles. The Morgan fingerprint density at radius 1 is 0.567 bits per heavy atom. The van der Waals surface area contributed by atoms with E-state index in [4.69, 9.17) is 33.7 Å². The molecule has 0 aliphatic rings. The number of rotatable bonds is 36. The monoisotopic (exact) mass is 868 g/mol. The van der Waals surface area contributed by atoms with Crippen molar-refractivity contribution in [2.24, 2.45) is 5.73 Å². The smallest absolute Gasteiger partial charge is 0.472 e. The van der Waals surface area contributed by atoms with Gasteiger partial charge in [0.05, 0.1) is 13.2 Å². The summed E-state index contributed by atoms with van der Waals surface area (Å²) in [5.41, 5.74) is 10.5. The van der Waals surface area contributed by atoms with Crippen LogP contribution in [0, 0.1) is 27.7 Å². The van der Waals surface area contributed by atoms with E-state index in [1.807, 2.05) is 0 Å². The molecule has 2 aromatic rings. The van der Waals surface area contributed by atoms with Crippen LogP contribution in [0.15, 0.2) is 8.83 Å². The molecule has 0 amide bonds. The highest BCUT2D eigenvalue weighted by Gasteiger charge is 2.28. The van der Waals surface area contributed by atoms with Crippen LogP contribution in [0.4, 0.5) is 0 Å². The molecule has 0 aliphatic carbocycles. The van der Waals surface area contributed by atoms with E-state index in [9.17, 15) is 23.8 Å². The number of carbonyl (C=O) groups is 3. The number of carboxylic acid groups (broad SMARTS) is 1. The number of aryl methyl sites for hydroxylation is 4. The highest BCUT2D eigenvalue weighted by atomic mass is 31.2. The second-order valence-electron chi connectivity index (χ2n) is 16.4. The van der Waals surface area contributed by atoms with E-state index in [0.717, 1.165) is 139 Å². The molecule has 0 bridgehead atoms.